The average molecular weight is 361 g/mol. The number of phenols is 2. The summed E-state index contributed by atoms with van der Waals surface area (Å²) in [5.74, 6) is -7.32. The maximum absolute atomic E-state index is 12.3. The zero-order valence-electron chi connectivity index (χ0n) is 12.8. The van der Waals surface area contributed by atoms with Crippen LogP contribution in [-0.2, 0) is 0 Å². The molecule has 0 aliphatic heterocycles. The minimum absolute atomic E-state index is 0.510. The Morgan fingerprint density at radius 3 is 1.58 bits per heavy atom. The zero-order valence-corrected chi connectivity index (χ0v) is 12.8. The van der Waals surface area contributed by atoms with Crippen LogP contribution in [0.5, 0.6) is 11.5 Å². The summed E-state index contributed by atoms with van der Waals surface area (Å²) >= 11 is 0. The van der Waals surface area contributed by atoms with Gasteiger partial charge in [0.15, 0.2) is 0 Å². The van der Waals surface area contributed by atoms with Gasteiger partial charge in [-0.15, -0.1) is 0 Å². The Hall–Kier alpha value is -4.08. The predicted octanol–water partition coefficient (Wildman–Crippen LogP) is 1.44. The molecule has 0 aromatic heterocycles. The van der Waals surface area contributed by atoms with Gasteiger partial charge in [0.1, 0.15) is 17.1 Å². The smallest absolute Gasteiger partial charge is 0.339 e. The van der Waals surface area contributed by atoms with Crippen LogP contribution in [0.3, 0.4) is 0 Å². The molecule has 0 aliphatic rings. The van der Waals surface area contributed by atoms with Gasteiger partial charge >= 0.3 is 17.9 Å². The number of carboxylic acid groups (broad SMARTS) is 3. The van der Waals surface area contributed by atoms with Gasteiger partial charge < -0.3 is 30.8 Å². The summed E-state index contributed by atoms with van der Waals surface area (Å²) in [6, 6.07) is 4.60. The second-order valence-electron chi connectivity index (χ2n) is 4.98. The maximum Gasteiger partial charge on any atom is 0.339 e. The Labute approximate surface area is 144 Å². The van der Waals surface area contributed by atoms with E-state index in [0.29, 0.717) is 12.1 Å². The van der Waals surface area contributed by atoms with E-state index in [2.05, 4.69) is 5.32 Å². The van der Waals surface area contributed by atoms with Crippen molar-refractivity contribution in [1.29, 1.82) is 0 Å². The quantitative estimate of drug-likeness (QED) is 0.429. The van der Waals surface area contributed by atoms with E-state index < -0.39 is 63.3 Å². The molecular weight excluding hydrogens is 350 g/mol. The lowest BCUT2D eigenvalue weighted by Crippen LogP contribution is -2.18. The van der Waals surface area contributed by atoms with E-state index in [1.807, 2.05) is 0 Å². The predicted molar refractivity (Wildman–Crippen MR) is 85.0 cm³/mol. The van der Waals surface area contributed by atoms with Crippen molar-refractivity contribution in [3.8, 4) is 11.5 Å². The molecule has 0 radical (unpaired) electrons. The molecule has 0 fully saturated rings. The molecule has 0 aliphatic carbocycles. The van der Waals surface area contributed by atoms with Gasteiger partial charge in [-0.1, -0.05) is 6.07 Å². The molecule has 0 bridgehead atoms. The summed E-state index contributed by atoms with van der Waals surface area (Å²) < 4.78 is 0. The monoisotopic (exact) mass is 361 g/mol. The molecule has 0 unspecified atom stereocenters. The van der Waals surface area contributed by atoms with Crippen LogP contribution in [0.4, 0.5) is 5.69 Å². The van der Waals surface area contributed by atoms with E-state index in [0.717, 1.165) is 12.1 Å². The molecule has 0 saturated carbocycles. The highest BCUT2D eigenvalue weighted by Crippen LogP contribution is 2.29. The van der Waals surface area contributed by atoms with Crippen LogP contribution in [0.15, 0.2) is 30.3 Å². The summed E-state index contributed by atoms with van der Waals surface area (Å²) in [7, 11) is 0. The first-order chi connectivity index (χ1) is 12.1. The molecule has 2 aromatic carbocycles. The summed E-state index contributed by atoms with van der Waals surface area (Å²) in [5.41, 5.74) is -2.79. The SMILES string of the molecule is O=C(O)c1cc(O)c(C(=O)Nc2c(C(=O)O)cccc2C(=O)O)cc1O. The van der Waals surface area contributed by atoms with Crippen LogP contribution in [0.2, 0.25) is 0 Å². The standard InChI is InChI=1S/C16H11NO9/c18-10-5-9(16(25)26)11(19)4-8(10)13(20)17-12-6(14(21)22)2-1-3-7(12)15(23)24/h1-5,18-19H,(H,17,20)(H,21,22)(H,23,24)(H,25,26). The molecule has 2 aromatic rings. The van der Waals surface area contributed by atoms with Crippen molar-refractivity contribution in [3.05, 3.63) is 52.6 Å². The normalized spacial score (nSPS) is 10.2. The number of hydrogen-bond acceptors (Lipinski definition) is 6. The molecule has 26 heavy (non-hydrogen) atoms. The van der Waals surface area contributed by atoms with Crippen LogP contribution in [0, 0.1) is 0 Å². The third kappa shape index (κ3) is 3.38. The number of nitrogens with one attached hydrogen (secondary N) is 1. The number of carbonyl (C=O) groups is 4. The van der Waals surface area contributed by atoms with Crippen LogP contribution in [0.1, 0.15) is 41.4 Å². The topological polar surface area (TPSA) is 181 Å². The summed E-state index contributed by atoms with van der Waals surface area (Å²) in [4.78, 5) is 45.7. The Balaban J connectivity index is 2.52. The van der Waals surface area contributed by atoms with Gasteiger partial charge in [-0.3, -0.25) is 4.79 Å². The molecule has 0 atom stereocenters. The van der Waals surface area contributed by atoms with Crippen LogP contribution < -0.4 is 5.32 Å². The Morgan fingerprint density at radius 1 is 0.692 bits per heavy atom. The van der Waals surface area contributed by atoms with E-state index >= 15 is 0 Å². The van der Waals surface area contributed by atoms with Crippen molar-refractivity contribution in [3.63, 3.8) is 0 Å². The van der Waals surface area contributed by atoms with E-state index in [4.69, 9.17) is 15.3 Å². The molecular formula is C16H11NO9. The van der Waals surface area contributed by atoms with Crippen molar-refractivity contribution >= 4 is 29.5 Å². The first-order valence-corrected chi connectivity index (χ1v) is 6.83. The van der Waals surface area contributed by atoms with Crippen LogP contribution >= 0.6 is 0 Å². The van der Waals surface area contributed by atoms with Crippen molar-refractivity contribution in [2.45, 2.75) is 0 Å². The molecule has 6 N–H and O–H groups in total. The maximum atomic E-state index is 12.3. The highest BCUT2D eigenvalue weighted by Gasteiger charge is 2.23. The Bertz CT molecular complexity index is 917. The molecule has 2 rings (SSSR count). The largest absolute Gasteiger partial charge is 0.507 e. The molecule has 10 nitrogen and oxygen atoms in total. The fraction of sp³-hybridized carbons (Fsp3) is 0. The number of para-hydroxylation sites is 1. The van der Waals surface area contributed by atoms with E-state index in [-0.39, 0.29) is 0 Å². The fourth-order valence-corrected chi connectivity index (χ4v) is 2.15. The zero-order chi connectivity index (χ0) is 19.6. The van der Waals surface area contributed by atoms with Gasteiger partial charge in [0.2, 0.25) is 0 Å². The number of hydrogen-bond donors (Lipinski definition) is 6. The van der Waals surface area contributed by atoms with Gasteiger partial charge in [0, 0.05) is 0 Å². The lowest BCUT2D eigenvalue weighted by molar-refractivity contribution is 0.0680. The second kappa shape index (κ2) is 6.81. The number of amides is 1. The fourth-order valence-electron chi connectivity index (χ4n) is 2.15. The minimum Gasteiger partial charge on any atom is -0.507 e. The number of carboxylic acids is 3. The van der Waals surface area contributed by atoms with Gasteiger partial charge in [0.25, 0.3) is 5.91 Å². The van der Waals surface area contributed by atoms with Gasteiger partial charge in [0.05, 0.1) is 22.4 Å². The van der Waals surface area contributed by atoms with E-state index in [1.165, 1.54) is 6.07 Å². The van der Waals surface area contributed by atoms with Crippen LogP contribution in [-0.4, -0.2) is 49.3 Å². The number of carbonyl (C=O) groups excluding carboxylic acids is 1. The van der Waals surface area contributed by atoms with Crippen molar-refractivity contribution in [1.82, 2.24) is 0 Å². The number of anilines is 1. The molecule has 10 heteroatoms. The van der Waals surface area contributed by atoms with Gasteiger partial charge in [-0.2, -0.15) is 0 Å². The van der Waals surface area contributed by atoms with Crippen molar-refractivity contribution in [2.75, 3.05) is 5.32 Å². The second-order valence-corrected chi connectivity index (χ2v) is 4.98. The highest BCUT2D eigenvalue weighted by molar-refractivity contribution is 6.13. The Kier molecular flexibility index (Phi) is 4.78. The third-order valence-corrected chi connectivity index (χ3v) is 3.35. The lowest BCUT2D eigenvalue weighted by Gasteiger charge is -2.13. The molecule has 0 heterocycles. The minimum atomic E-state index is -1.55. The summed E-state index contributed by atoms with van der Waals surface area (Å²) in [6.07, 6.45) is 0. The summed E-state index contributed by atoms with van der Waals surface area (Å²) in [6.45, 7) is 0. The number of phenolic OH excluding ortho intramolecular Hbond substituents is 1. The number of aromatic hydroxyl groups is 2. The molecule has 1 amide bonds. The average Bonchev–Trinajstić information content (AvgIpc) is 2.55. The van der Waals surface area contributed by atoms with Crippen molar-refractivity contribution in [2.24, 2.45) is 0 Å². The number of benzene rings is 2. The van der Waals surface area contributed by atoms with Gasteiger partial charge in [-0.25, -0.2) is 14.4 Å². The third-order valence-electron chi connectivity index (χ3n) is 3.35. The lowest BCUT2D eigenvalue weighted by atomic mass is 10.0. The molecule has 134 valence electrons. The van der Waals surface area contributed by atoms with Crippen LogP contribution in [0.25, 0.3) is 0 Å². The highest BCUT2D eigenvalue weighted by atomic mass is 16.4. The van der Waals surface area contributed by atoms with Crippen molar-refractivity contribution < 1.29 is 44.7 Å². The summed E-state index contributed by atoms with van der Waals surface area (Å²) in [5, 5.41) is 48.6. The molecule has 0 spiro atoms. The van der Waals surface area contributed by atoms with E-state index in [1.54, 1.807) is 0 Å². The molecule has 0 saturated heterocycles. The Morgan fingerprint density at radius 2 is 1.12 bits per heavy atom. The first kappa shape index (κ1) is 18.3. The van der Waals surface area contributed by atoms with Gasteiger partial charge in [-0.05, 0) is 24.3 Å². The number of aromatic carboxylic acids is 3. The number of rotatable bonds is 5. The van der Waals surface area contributed by atoms with E-state index in [9.17, 15) is 29.4 Å². The first-order valence-electron chi connectivity index (χ1n) is 6.83.